The molecule has 2 aromatic carbocycles. The van der Waals surface area contributed by atoms with E-state index in [-0.39, 0.29) is 5.91 Å². The Hall–Kier alpha value is -3.47. The van der Waals surface area contributed by atoms with Crippen molar-refractivity contribution in [3.05, 3.63) is 95.3 Å². The van der Waals surface area contributed by atoms with Crippen LogP contribution in [0.15, 0.2) is 73.1 Å². The predicted octanol–water partition coefficient (Wildman–Crippen LogP) is 4.29. The van der Waals surface area contributed by atoms with E-state index in [1.165, 1.54) is 6.92 Å². The van der Waals surface area contributed by atoms with Crippen LogP contribution >= 0.6 is 0 Å². The van der Waals surface area contributed by atoms with Gasteiger partial charge in [0, 0.05) is 30.6 Å². The van der Waals surface area contributed by atoms with Crippen LogP contribution in [-0.4, -0.2) is 16.9 Å². The molecule has 136 valence electrons. The van der Waals surface area contributed by atoms with Gasteiger partial charge in [-0.25, -0.2) is 4.79 Å². The molecule has 1 N–H and O–H groups in total. The number of hydrogen-bond acceptors (Lipinski definition) is 4. The number of hydrogen-bond donors (Lipinski definition) is 1. The Morgan fingerprint density at radius 1 is 0.963 bits per heavy atom. The molecular weight excluding hydrogens is 340 g/mol. The van der Waals surface area contributed by atoms with Crippen molar-refractivity contribution in [2.24, 2.45) is 0 Å². The summed E-state index contributed by atoms with van der Waals surface area (Å²) in [6.07, 6.45) is 2.78. The molecule has 0 aliphatic heterocycles. The summed E-state index contributed by atoms with van der Waals surface area (Å²) in [5.41, 5.74) is 3.54. The van der Waals surface area contributed by atoms with Gasteiger partial charge in [-0.3, -0.25) is 9.78 Å². The van der Waals surface area contributed by atoms with E-state index in [4.69, 9.17) is 4.74 Å². The summed E-state index contributed by atoms with van der Waals surface area (Å²) in [5, 5.41) is 2.73. The van der Waals surface area contributed by atoms with Crippen molar-refractivity contribution in [3.8, 4) is 0 Å². The summed E-state index contributed by atoms with van der Waals surface area (Å²) in [6, 6.07) is 18.3. The van der Waals surface area contributed by atoms with Gasteiger partial charge < -0.3 is 10.1 Å². The number of aromatic nitrogens is 1. The fourth-order valence-corrected chi connectivity index (χ4v) is 2.74. The highest BCUT2D eigenvalue weighted by molar-refractivity contribution is 5.94. The van der Waals surface area contributed by atoms with Crippen molar-refractivity contribution in [1.29, 1.82) is 0 Å². The minimum atomic E-state index is -0.549. The number of carbonyl (C=O) groups is 2. The third-order valence-electron chi connectivity index (χ3n) is 4.12. The first-order chi connectivity index (χ1) is 13.0. The van der Waals surface area contributed by atoms with Crippen molar-refractivity contribution in [2.45, 2.75) is 20.0 Å². The number of aryl methyl sites for hydroxylation is 1. The zero-order chi connectivity index (χ0) is 19.2. The second-order valence-corrected chi connectivity index (χ2v) is 6.19. The highest BCUT2D eigenvalue weighted by Gasteiger charge is 2.20. The molecule has 0 spiro atoms. The van der Waals surface area contributed by atoms with Crippen molar-refractivity contribution < 1.29 is 14.3 Å². The van der Waals surface area contributed by atoms with E-state index in [1.54, 1.807) is 30.6 Å². The average molecular weight is 360 g/mol. The fourth-order valence-electron chi connectivity index (χ4n) is 2.74. The summed E-state index contributed by atoms with van der Waals surface area (Å²) in [6.45, 7) is 3.30. The molecule has 0 saturated carbocycles. The van der Waals surface area contributed by atoms with E-state index >= 15 is 0 Å². The molecule has 0 bridgehead atoms. The van der Waals surface area contributed by atoms with E-state index < -0.39 is 12.1 Å². The minimum Gasteiger partial charge on any atom is -0.449 e. The number of anilines is 1. The van der Waals surface area contributed by atoms with E-state index in [0.29, 0.717) is 11.3 Å². The lowest BCUT2D eigenvalue weighted by atomic mass is 10.0. The molecule has 0 saturated heterocycles. The highest BCUT2D eigenvalue weighted by atomic mass is 16.5. The molecule has 1 unspecified atom stereocenters. The maximum atomic E-state index is 12.8. The number of carbonyl (C=O) groups excluding carboxylic acids is 2. The third kappa shape index (κ3) is 4.58. The molecule has 0 fully saturated rings. The van der Waals surface area contributed by atoms with E-state index in [9.17, 15) is 9.59 Å². The number of amides is 1. The van der Waals surface area contributed by atoms with Crippen molar-refractivity contribution in [1.82, 2.24) is 4.98 Å². The number of nitrogens with one attached hydrogen (secondary N) is 1. The summed E-state index contributed by atoms with van der Waals surface area (Å²) < 4.78 is 5.83. The van der Waals surface area contributed by atoms with Crippen LogP contribution in [0.4, 0.5) is 5.69 Å². The van der Waals surface area contributed by atoms with Gasteiger partial charge in [0.15, 0.2) is 6.10 Å². The summed E-state index contributed by atoms with van der Waals surface area (Å²) >= 11 is 0. The molecule has 1 atom stereocenters. The Labute approximate surface area is 158 Å². The van der Waals surface area contributed by atoms with Crippen LogP contribution in [0.25, 0.3) is 0 Å². The second-order valence-electron chi connectivity index (χ2n) is 6.19. The van der Waals surface area contributed by atoms with E-state index in [2.05, 4.69) is 10.3 Å². The number of ether oxygens (including phenoxy) is 1. The van der Waals surface area contributed by atoms with Crippen molar-refractivity contribution >= 4 is 17.6 Å². The van der Waals surface area contributed by atoms with Crippen LogP contribution in [0.2, 0.25) is 0 Å². The molecule has 5 nitrogen and oxygen atoms in total. The van der Waals surface area contributed by atoms with Crippen LogP contribution in [0.3, 0.4) is 0 Å². The highest BCUT2D eigenvalue weighted by Crippen LogP contribution is 2.27. The summed E-state index contributed by atoms with van der Waals surface area (Å²) in [7, 11) is 0. The third-order valence-corrected chi connectivity index (χ3v) is 4.12. The standard InChI is InChI=1S/C22H20N2O3/c1-15-8-9-19(14-20(15)24-16(2)25)22(26)27-21(17-6-4-3-5-7-17)18-10-12-23-13-11-18/h3-14,21H,1-2H3,(H,24,25). The number of benzene rings is 2. The SMILES string of the molecule is CC(=O)Nc1cc(C(=O)OC(c2ccccc2)c2ccncc2)ccc1C. The van der Waals surface area contributed by atoms with Crippen LogP contribution in [0.1, 0.15) is 40.1 Å². The Balaban J connectivity index is 1.90. The van der Waals surface area contributed by atoms with Crippen molar-refractivity contribution in [2.75, 3.05) is 5.32 Å². The molecule has 1 aromatic heterocycles. The number of rotatable bonds is 5. The Morgan fingerprint density at radius 3 is 2.30 bits per heavy atom. The smallest absolute Gasteiger partial charge is 0.339 e. The lowest BCUT2D eigenvalue weighted by molar-refractivity contribution is -0.114. The van der Waals surface area contributed by atoms with Crippen LogP contribution in [0, 0.1) is 6.92 Å². The van der Waals surface area contributed by atoms with Gasteiger partial charge in [0.2, 0.25) is 5.91 Å². The second kappa shape index (κ2) is 8.27. The molecule has 5 heteroatoms. The normalized spacial score (nSPS) is 11.5. The first kappa shape index (κ1) is 18.3. The van der Waals surface area contributed by atoms with E-state index in [1.807, 2.05) is 49.4 Å². The lowest BCUT2D eigenvalue weighted by Gasteiger charge is -2.19. The van der Waals surface area contributed by atoms with Gasteiger partial charge in [0.05, 0.1) is 5.56 Å². The predicted molar refractivity (Wildman–Crippen MR) is 103 cm³/mol. The maximum absolute atomic E-state index is 12.8. The van der Waals surface area contributed by atoms with Gasteiger partial charge in [-0.15, -0.1) is 0 Å². The molecule has 1 amide bonds. The first-order valence-corrected chi connectivity index (χ1v) is 8.58. The van der Waals surface area contributed by atoms with Gasteiger partial charge in [0.1, 0.15) is 0 Å². The molecule has 0 aliphatic carbocycles. The van der Waals surface area contributed by atoms with Crippen molar-refractivity contribution in [3.63, 3.8) is 0 Å². The molecule has 1 heterocycles. The largest absolute Gasteiger partial charge is 0.449 e. The van der Waals surface area contributed by atoms with Crippen LogP contribution in [0.5, 0.6) is 0 Å². The average Bonchev–Trinajstić information content (AvgIpc) is 2.68. The molecule has 3 rings (SSSR count). The van der Waals surface area contributed by atoms with Crippen LogP contribution in [-0.2, 0) is 9.53 Å². The molecule has 3 aromatic rings. The maximum Gasteiger partial charge on any atom is 0.339 e. The Kier molecular flexibility index (Phi) is 5.61. The minimum absolute atomic E-state index is 0.192. The molecule has 27 heavy (non-hydrogen) atoms. The fraction of sp³-hybridized carbons (Fsp3) is 0.136. The topological polar surface area (TPSA) is 68.3 Å². The summed E-state index contributed by atoms with van der Waals surface area (Å²) in [4.78, 5) is 28.2. The quantitative estimate of drug-likeness (QED) is 0.689. The van der Waals surface area contributed by atoms with Gasteiger partial charge in [-0.05, 0) is 42.3 Å². The van der Waals surface area contributed by atoms with Crippen LogP contribution < -0.4 is 5.32 Å². The lowest BCUT2D eigenvalue weighted by Crippen LogP contribution is -2.14. The number of nitrogens with zero attached hydrogens (tertiary/aromatic N) is 1. The van der Waals surface area contributed by atoms with Gasteiger partial charge in [-0.2, -0.15) is 0 Å². The monoisotopic (exact) mass is 360 g/mol. The zero-order valence-corrected chi connectivity index (χ0v) is 15.2. The first-order valence-electron chi connectivity index (χ1n) is 8.58. The molecule has 0 radical (unpaired) electrons. The zero-order valence-electron chi connectivity index (χ0n) is 15.2. The molecule has 0 aliphatic rings. The molecular formula is C22H20N2O3. The number of esters is 1. The Bertz CT molecular complexity index is 901. The van der Waals surface area contributed by atoms with Gasteiger partial charge >= 0.3 is 5.97 Å². The number of pyridine rings is 1. The Morgan fingerprint density at radius 2 is 1.63 bits per heavy atom. The van der Waals surface area contributed by atoms with Gasteiger partial charge in [-0.1, -0.05) is 36.4 Å². The van der Waals surface area contributed by atoms with E-state index in [0.717, 1.165) is 16.7 Å². The van der Waals surface area contributed by atoms with Gasteiger partial charge in [0.25, 0.3) is 0 Å². The summed E-state index contributed by atoms with van der Waals surface area (Å²) in [5.74, 6) is -0.658.